The van der Waals surface area contributed by atoms with E-state index >= 15 is 0 Å². The predicted molar refractivity (Wildman–Crippen MR) is 73.7 cm³/mol. The first kappa shape index (κ1) is 16.1. The largest absolute Gasteiger partial charge is 0.395 e. The SMILES string of the molecule is CC(=O)C(NC(=O)CN(CCO)C1CCC1)C(C)C. The summed E-state index contributed by atoms with van der Waals surface area (Å²) in [6.45, 7) is 6.19. The fraction of sp³-hybridized carbons (Fsp3) is 0.857. The van der Waals surface area contributed by atoms with Crippen LogP contribution in [-0.4, -0.2) is 53.5 Å². The number of nitrogens with one attached hydrogen (secondary N) is 1. The van der Waals surface area contributed by atoms with E-state index in [4.69, 9.17) is 5.11 Å². The van der Waals surface area contributed by atoms with Crippen LogP contribution < -0.4 is 5.32 Å². The zero-order valence-corrected chi connectivity index (χ0v) is 12.2. The molecule has 1 aliphatic carbocycles. The van der Waals surface area contributed by atoms with E-state index < -0.39 is 6.04 Å². The first-order chi connectivity index (χ1) is 8.95. The van der Waals surface area contributed by atoms with Gasteiger partial charge in [-0.1, -0.05) is 20.3 Å². The highest BCUT2D eigenvalue weighted by Gasteiger charge is 2.27. The van der Waals surface area contributed by atoms with Crippen molar-refractivity contribution in [3.63, 3.8) is 0 Å². The maximum absolute atomic E-state index is 12.0. The van der Waals surface area contributed by atoms with Gasteiger partial charge in [-0.05, 0) is 25.7 Å². The van der Waals surface area contributed by atoms with E-state index in [-0.39, 0.29) is 30.8 Å². The molecule has 0 saturated heterocycles. The quantitative estimate of drug-likeness (QED) is 0.676. The van der Waals surface area contributed by atoms with E-state index in [9.17, 15) is 9.59 Å². The van der Waals surface area contributed by atoms with Gasteiger partial charge in [-0.2, -0.15) is 0 Å². The molecule has 1 saturated carbocycles. The van der Waals surface area contributed by atoms with Gasteiger partial charge in [0.05, 0.1) is 19.2 Å². The molecule has 0 radical (unpaired) electrons. The fourth-order valence-corrected chi connectivity index (χ4v) is 2.41. The van der Waals surface area contributed by atoms with E-state index in [0.717, 1.165) is 12.8 Å². The molecule has 0 aromatic rings. The highest BCUT2D eigenvalue weighted by molar-refractivity contribution is 5.88. The van der Waals surface area contributed by atoms with Gasteiger partial charge in [0, 0.05) is 12.6 Å². The van der Waals surface area contributed by atoms with Crippen molar-refractivity contribution in [3.8, 4) is 0 Å². The summed E-state index contributed by atoms with van der Waals surface area (Å²) in [5.41, 5.74) is 0. The lowest BCUT2D eigenvalue weighted by atomic mass is 9.91. The van der Waals surface area contributed by atoms with Crippen LogP contribution in [0.5, 0.6) is 0 Å². The standard InChI is InChI=1S/C14H26N2O3/c1-10(2)14(11(3)18)15-13(19)9-16(7-8-17)12-5-4-6-12/h10,12,14,17H,4-9H2,1-3H3,(H,15,19). The third-order valence-corrected chi connectivity index (χ3v) is 3.75. The molecule has 0 aromatic heterocycles. The Hall–Kier alpha value is -0.940. The number of aliphatic hydroxyl groups is 1. The van der Waals surface area contributed by atoms with Gasteiger partial charge in [0.25, 0.3) is 0 Å². The molecule has 5 nitrogen and oxygen atoms in total. The summed E-state index contributed by atoms with van der Waals surface area (Å²) in [5.74, 6) is -0.0496. The number of aliphatic hydroxyl groups excluding tert-OH is 1. The van der Waals surface area contributed by atoms with Crippen LogP contribution in [0.2, 0.25) is 0 Å². The van der Waals surface area contributed by atoms with Crippen molar-refractivity contribution in [2.75, 3.05) is 19.7 Å². The fourth-order valence-electron chi connectivity index (χ4n) is 2.41. The molecule has 0 spiro atoms. The summed E-state index contributed by atoms with van der Waals surface area (Å²) in [7, 11) is 0. The van der Waals surface area contributed by atoms with Crippen molar-refractivity contribution >= 4 is 11.7 Å². The second-order valence-corrected chi connectivity index (χ2v) is 5.68. The maximum atomic E-state index is 12.0. The summed E-state index contributed by atoms with van der Waals surface area (Å²) in [6.07, 6.45) is 3.37. The number of amides is 1. The molecular weight excluding hydrogens is 244 g/mol. The minimum atomic E-state index is -0.412. The number of rotatable bonds is 8. The van der Waals surface area contributed by atoms with Gasteiger partial charge in [0.1, 0.15) is 0 Å². The Bertz CT molecular complexity index is 314. The summed E-state index contributed by atoms with van der Waals surface area (Å²) < 4.78 is 0. The van der Waals surface area contributed by atoms with E-state index in [1.807, 2.05) is 18.7 Å². The Balaban J connectivity index is 2.48. The number of hydrogen-bond acceptors (Lipinski definition) is 4. The maximum Gasteiger partial charge on any atom is 0.234 e. The van der Waals surface area contributed by atoms with Crippen LogP contribution in [0.4, 0.5) is 0 Å². The highest BCUT2D eigenvalue weighted by Crippen LogP contribution is 2.24. The lowest BCUT2D eigenvalue weighted by Gasteiger charge is -2.37. The first-order valence-electron chi connectivity index (χ1n) is 7.10. The second-order valence-electron chi connectivity index (χ2n) is 5.68. The average molecular weight is 270 g/mol. The molecule has 5 heteroatoms. The van der Waals surface area contributed by atoms with E-state index in [0.29, 0.717) is 12.6 Å². The molecule has 19 heavy (non-hydrogen) atoms. The minimum absolute atomic E-state index is 0.0132. The molecular formula is C14H26N2O3. The van der Waals surface area contributed by atoms with Crippen LogP contribution in [0.3, 0.4) is 0 Å². The van der Waals surface area contributed by atoms with E-state index in [2.05, 4.69) is 5.32 Å². The lowest BCUT2D eigenvalue weighted by molar-refractivity contribution is -0.129. The van der Waals surface area contributed by atoms with Gasteiger partial charge < -0.3 is 10.4 Å². The Morgan fingerprint density at radius 1 is 1.37 bits per heavy atom. The summed E-state index contributed by atoms with van der Waals surface area (Å²) >= 11 is 0. The monoisotopic (exact) mass is 270 g/mol. The number of ketones is 1. The molecule has 1 unspecified atom stereocenters. The Morgan fingerprint density at radius 2 is 2.00 bits per heavy atom. The number of nitrogens with zero attached hydrogens (tertiary/aromatic N) is 1. The molecule has 1 rings (SSSR count). The summed E-state index contributed by atoms with van der Waals surface area (Å²) in [6, 6.07) is -0.00223. The molecule has 0 aliphatic heterocycles. The lowest BCUT2D eigenvalue weighted by Crippen LogP contribution is -2.51. The van der Waals surface area contributed by atoms with Gasteiger partial charge in [0.2, 0.25) is 5.91 Å². The van der Waals surface area contributed by atoms with Gasteiger partial charge >= 0.3 is 0 Å². The van der Waals surface area contributed by atoms with Crippen molar-refractivity contribution in [2.24, 2.45) is 5.92 Å². The predicted octanol–water partition coefficient (Wildman–Crippen LogP) is 0.563. The Kier molecular flexibility index (Phi) is 6.45. The number of Topliss-reactive ketones (excluding diaryl/α,β-unsaturated/α-hetero) is 1. The van der Waals surface area contributed by atoms with Crippen molar-refractivity contribution in [1.82, 2.24) is 10.2 Å². The molecule has 110 valence electrons. The van der Waals surface area contributed by atoms with Crippen molar-refractivity contribution < 1.29 is 14.7 Å². The van der Waals surface area contributed by atoms with Crippen LogP contribution in [0.1, 0.15) is 40.0 Å². The van der Waals surface area contributed by atoms with Crippen LogP contribution in [-0.2, 0) is 9.59 Å². The smallest absolute Gasteiger partial charge is 0.234 e. The van der Waals surface area contributed by atoms with E-state index in [1.54, 1.807) is 0 Å². The third kappa shape index (κ3) is 4.91. The molecule has 0 bridgehead atoms. The number of carbonyl (C=O) groups excluding carboxylic acids is 2. The van der Waals surface area contributed by atoms with Crippen molar-refractivity contribution in [2.45, 2.75) is 52.1 Å². The van der Waals surface area contributed by atoms with Gasteiger partial charge in [-0.3, -0.25) is 14.5 Å². The normalized spacial score (nSPS) is 17.4. The zero-order valence-electron chi connectivity index (χ0n) is 12.2. The molecule has 0 heterocycles. The number of carbonyl (C=O) groups is 2. The first-order valence-corrected chi connectivity index (χ1v) is 7.10. The van der Waals surface area contributed by atoms with Gasteiger partial charge in [-0.15, -0.1) is 0 Å². The van der Waals surface area contributed by atoms with Crippen molar-refractivity contribution in [1.29, 1.82) is 0 Å². The molecule has 1 aliphatic rings. The third-order valence-electron chi connectivity index (χ3n) is 3.75. The second kappa shape index (κ2) is 7.60. The Morgan fingerprint density at radius 3 is 2.37 bits per heavy atom. The van der Waals surface area contributed by atoms with Crippen LogP contribution in [0, 0.1) is 5.92 Å². The van der Waals surface area contributed by atoms with E-state index in [1.165, 1.54) is 13.3 Å². The molecule has 2 N–H and O–H groups in total. The summed E-state index contributed by atoms with van der Waals surface area (Å²) in [5, 5.41) is 11.8. The molecule has 1 fully saturated rings. The van der Waals surface area contributed by atoms with Crippen LogP contribution in [0.15, 0.2) is 0 Å². The topological polar surface area (TPSA) is 69.6 Å². The van der Waals surface area contributed by atoms with Gasteiger partial charge in [0.15, 0.2) is 5.78 Å². The van der Waals surface area contributed by atoms with Crippen LogP contribution in [0.25, 0.3) is 0 Å². The average Bonchev–Trinajstić information content (AvgIpc) is 2.22. The molecule has 1 atom stereocenters. The minimum Gasteiger partial charge on any atom is -0.395 e. The zero-order chi connectivity index (χ0) is 14.4. The number of hydrogen-bond donors (Lipinski definition) is 2. The molecule has 1 amide bonds. The van der Waals surface area contributed by atoms with Crippen LogP contribution >= 0.6 is 0 Å². The summed E-state index contributed by atoms with van der Waals surface area (Å²) in [4.78, 5) is 25.5. The highest BCUT2D eigenvalue weighted by atomic mass is 16.3. The van der Waals surface area contributed by atoms with Crippen molar-refractivity contribution in [3.05, 3.63) is 0 Å². The van der Waals surface area contributed by atoms with Gasteiger partial charge in [-0.25, -0.2) is 0 Å². The molecule has 0 aromatic carbocycles. The Labute approximate surface area is 115 Å².